The van der Waals surface area contributed by atoms with Gasteiger partial charge in [0.05, 0.1) is 11.4 Å². The molecule has 2 rings (SSSR count). The Morgan fingerprint density at radius 1 is 1.22 bits per heavy atom. The average molecular weight is 243 g/mol. The summed E-state index contributed by atoms with van der Waals surface area (Å²) in [4.78, 5) is 4.28. The van der Waals surface area contributed by atoms with Crippen LogP contribution in [0.3, 0.4) is 0 Å². The zero-order valence-corrected chi connectivity index (χ0v) is 10.8. The van der Waals surface area contributed by atoms with E-state index in [-0.39, 0.29) is 0 Å². The van der Waals surface area contributed by atoms with E-state index in [9.17, 15) is 0 Å². The first kappa shape index (κ1) is 12.2. The number of aromatic nitrogens is 1. The fraction of sp³-hybridized carbons (Fsp3) is 0.214. The lowest BCUT2D eigenvalue weighted by Crippen LogP contribution is -1.97. The first-order valence-electron chi connectivity index (χ1n) is 5.78. The minimum absolute atomic E-state index is 0.618. The summed E-state index contributed by atoms with van der Waals surface area (Å²) in [7, 11) is 1.82. The summed E-state index contributed by atoms with van der Waals surface area (Å²) < 4.78 is 5.75. The lowest BCUT2D eigenvalue weighted by molar-refractivity contribution is 0.459. The van der Waals surface area contributed by atoms with Gasteiger partial charge in [-0.05, 0) is 37.6 Å². The molecule has 0 spiro atoms. The van der Waals surface area contributed by atoms with Gasteiger partial charge < -0.3 is 15.8 Å². The van der Waals surface area contributed by atoms with Crippen molar-refractivity contribution < 1.29 is 4.74 Å². The molecule has 3 N–H and O–H groups in total. The van der Waals surface area contributed by atoms with Crippen LogP contribution < -0.4 is 15.8 Å². The van der Waals surface area contributed by atoms with Crippen LogP contribution in [-0.4, -0.2) is 12.0 Å². The predicted octanol–water partition coefficient (Wildman–Crippen LogP) is 3.11. The highest BCUT2D eigenvalue weighted by molar-refractivity contribution is 5.68. The summed E-state index contributed by atoms with van der Waals surface area (Å²) in [6, 6.07) is 7.54. The molecule has 0 saturated carbocycles. The SMILES string of the molecule is CNc1cc(Oc2ncc(C)cc2C)ccc1N. The number of benzene rings is 1. The lowest BCUT2D eigenvalue weighted by Gasteiger charge is -2.10. The van der Waals surface area contributed by atoms with E-state index in [2.05, 4.69) is 10.3 Å². The van der Waals surface area contributed by atoms with E-state index in [1.807, 2.05) is 45.2 Å². The number of hydrogen-bond acceptors (Lipinski definition) is 4. The van der Waals surface area contributed by atoms with Crippen LogP contribution in [0, 0.1) is 13.8 Å². The first-order chi connectivity index (χ1) is 8.60. The zero-order chi connectivity index (χ0) is 13.1. The molecule has 1 aromatic carbocycles. The van der Waals surface area contributed by atoms with Gasteiger partial charge in [0.15, 0.2) is 0 Å². The van der Waals surface area contributed by atoms with Gasteiger partial charge in [0.1, 0.15) is 5.75 Å². The highest BCUT2D eigenvalue weighted by Gasteiger charge is 2.05. The highest BCUT2D eigenvalue weighted by Crippen LogP contribution is 2.28. The summed E-state index contributed by atoms with van der Waals surface area (Å²) in [5, 5.41) is 3.02. The molecule has 0 aliphatic rings. The molecule has 0 amide bonds. The van der Waals surface area contributed by atoms with Crippen molar-refractivity contribution in [3.63, 3.8) is 0 Å². The number of aryl methyl sites for hydroxylation is 2. The second kappa shape index (κ2) is 4.96. The lowest BCUT2D eigenvalue weighted by atomic mass is 10.2. The van der Waals surface area contributed by atoms with Crippen LogP contribution in [-0.2, 0) is 0 Å². The van der Waals surface area contributed by atoms with Crippen LogP contribution in [0.15, 0.2) is 30.5 Å². The van der Waals surface area contributed by atoms with Gasteiger partial charge in [-0.25, -0.2) is 4.98 Å². The molecule has 0 bridgehead atoms. The molecular weight excluding hydrogens is 226 g/mol. The van der Waals surface area contributed by atoms with Gasteiger partial charge in [0.2, 0.25) is 5.88 Å². The molecule has 0 aliphatic heterocycles. The van der Waals surface area contributed by atoms with Crippen LogP contribution in [0.1, 0.15) is 11.1 Å². The van der Waals surface area contributed by atoms with E-state index >= 15 is 0 Å². The molecule has 0 fully saturated rings. The average Bonchev–Trinajstić information content (AvgIpc) is 2.35. The molecule has 4 nitrogen and oxygen atoms in total. The zero-order valence-electron chi connectivity index (χ0n) is 10.8. The maximum atomic E-state index is 5.81. The summed E-state index contributed by atoms with van der Waals surface area (Å²) >= 11 is 0. The predicted molar refractivity (Wildman–Crippen MR) is 74.2 cm³/mol. The molecule has 0 atom stereocenters. The van der Waals surface area contributed by atoms with Gasteiger partial charge in [0, 0.05) is 24.9 Å². The van der Waals surface area contributed by atoms with Gasteiger partial charge in [-0.2, -0.15) is 0 Å². The van der Waals surface area contributed by atoms with Crippen molar-refractivity contribution in [2.24, 2.45) is 0 Å². The molecule has 0 radical (unpaired) electrons. The van der Waals surface area contributed by atoms with Crippen molar-refractivity contribution in [3.05, 3.63) is 41.6 Å². The van der Waals surface area contributed by atoms with Crippen molar-refractivity contribution in [3.8, 4) is 11.6 Å². The smallest absolute Gasteiger partial charge is 0.222 e. The van der Waals surface area contributed by atoms with E-state index < -0.39 is 0 Å². The summed E-state index contributed by atoms with van der Waals surface area (Å²) in [5.41, 5.74) is 9.48. The molecule has 1 aromatic heterocycles. The Balaban J connectivity index is 2.28. The standard InChI is InChI=1S/C14H17N3O/c1-9-6-10(2)14(17-8-9)18-11-4-5-12(15)13(7-11)16-3/h4-8,16H,15H2,1-3H3. The number of ether oxygens (including phenoxy) is 1. The minimum Gasteiger partial charge on any atom is -0.439 e. The summed E-state index contributed by atoms with van der Waals surface area (Å²) in [5.74, 6) is 1.33. The second-order valence-corrected chi connectivity index (χ2v) is 4.24. The third-order valence-corrected chi connectivity index (χ3v) is 2.68. The van der Waals surface area contributed by atoms with Gasteiger partial charge in [-0.3, -0.25) is 0 Å². The van der Waals surface area contributed by atoms with Crippen molar-refractivity contribution in [2.45, 2.75) is 13.8 Å². The van der Waals surface area contributed by atoms with Crippen LogP contribution >= 0.6 is 0 Å². The molecular formula is C14H17N3O. The van der Waals surface area contributed by atoms with E-state index in [0.29, 0.717) is 17.3 Å². The monoisotopic (exact) mass is 243 g/mol. The normalized spacial score (nSPS) is 10.2. The first-order valence-corrected chi connectivity index (χ1v) is 5.78. The quantitative estimate of drug-likeness (QED) is 0.813. The Morgan fingerprint density at radius 2 is 2.00 bits per heavy atom. The Morgan fingerprint density at radius 3 is 2.67 bits per heavy atom. The van der Waals surface area contributed by atoms with E-state index in [4.69, 9.17) is 10.5 Å². The maximum absolute atomic E-state index is 5.81. The fourth-order valence-corrected chi connectivity index (χ4v) is 1.74. The topological polar surface area (TPSA) is 60.2 Å². The van der Waals surface area contributed by atoms with Crippen LogP contribution in [0.25, 0.3) is 0 Å². The highest BCUT2D eigenvalue weighted by atomic mass is 16.5. The van der Waals surface area contributed by atoms with Crippen molar-refractivity contribution in [1.82, 2.24) is 4.98 Å². The third-order valence-electron chi connectivity index (χ3n) is 2.68. The number of nitrogens with two attached hydrogens (primary N) is 1. The number of hydrogen-bond donors (Lipinski definition) is 2. The van der Waals surface area contributed by atoms with Crippen molar-refractivity contribution in [2.75, 3.05) is 18.1 Å². The van der Waals surface area contributed by atoms with Crippen molar-refractivity contribution >= 4 is 11.4 Å². The number of anilines is 2. The van der Waals surface area contributed by atoms with Gasteiger partial charge in [-0.15, -0.1) is 0 Å². The minimum atomic E-state index is 0.618. The Hall–Kier alpha value is -2.23. The van der Waals surface area contributed by atoms with E-state index in [0.717, 1.165) is 16.8 Å². The number of nitrogen functional groups attached to an aromatic ring is 1. The largest absolute Gasteiger partial charge is 0.439 e. The summed E-state index contributed by atoms with van der Waals surface area (Å²) in [6.45, 7) is 3.98. The molecule has 18 heavy (non-hydrogen) atoms. The van der Waals surface area contributed by atoms with E-state index in [1.54, 1.807) is 6.20 Å². The van der Waals surface area contributed by atoms with Gasteiger partial charge in [0.25, 0.3) is 0 Å². The summed E-state index contributed by atoms with van der Waals surface area (Å²) in [6.07, 6.45) is 1.79. The van der Waals surface area contributed by atoms with Gasteiger partial charge in [-0.1, -0.05) is 0 Å². The van der Waals surface area contributed by atoms with Crippen LogP contribution in [0.2, 0.25) is 0 Å². The second-order valence-electron chi connectivity index (χ2n) is 4.24. The molecule has 2 aromatic rings. The molecule has 94 valence electrons. The fourth-order valence-electron chi connectivity index (χ4n) is 1.74. The van der Waals surface area contributed by atoms with E-state index in [1.165, 1.54) is 0 Å². The van der Waals surface area contributed by atoms with Gasteiger partial charge >= 0.3 is 0 Å². The number of pyridine rings is 1. The number of nitrogens with zero attached hydrogens (tertiary/aromatic N) is 1. The Labute approximate surface area is 107 Å². The maximum Gasteiger partial charge on any atom is 0.222 e. The molecule has 0 saturated heterocycles. The molecule has 1 heterocycles. The number of rotatable bonds is 3. The van der Waals surface area contributed by atoms with Crippen LogP contribution in [0.5, 0.6) is 11.6 Å². The molecule has 0 aliphatic carbocycles. The third kappa shape index (κ3) is 2.53. The van der Waals surface area contributed by atoms with Crippen LogP contribution in [0.4, 0.5) is 11.4 Å². The number of nitrogens with one attached hydrogen (secondary N) is 1. The molecule has 0 unspecified atom stereocenters. The Kier molecular flexibility index (Phi) is 3.37. The Bertz CT molecular complexity index is 567. The van der Waals surface area contributed by atoms with Crippen molar-refractivity contribution in [1.29, 1.82) is 0 Å². The molecule has 4 heteroatoms.